The largest absolute Gasteiger partial charge is 0.378 e. The van der Waals surface area contributed by atoms with Crippen LogP contribution in [0.15, 0.2) is 65.3 Å². The molecule has 310 valence electrons. The van der Waals surface area contributed by atoms with Gasteiger partial charge in [0.15, 0.2) is 5.82 Å². The molecular formula is C46H59FN6O5. The number of nitrogens with zero attached hydrogens (tertiary/aromatic N) is 5. The van der Waals surface area contributed by atoms with E-state index in [0.717, 1.165) is 22.5 Å². The van der Waals surface area contributed by atoms with Crippen molar-refractivity contribution in [2.24, 2.45) is 18.9 Å². The average Bonchev–Trinajstić information content (AvgIpc) is 3.63. The van der Waals surface area contributed by atoms with Crippen LogP contribution in [0.3, 0.4) is 0 Å². The number of hydroxylamine groups is 1. The van der Waals surface area contributed by atoms with E-state index in [-0.39, 0.29) is 40.6 Å². The first-order valence-electron chi connectivity index (χ1n) is 20.0. The second kappa shape index (κ2) is 20.4. The topological polar surface area (TPSA) is 119 Å². The van der Waals surface area contributed by atoms with Gasteiger partial charge in [-0.05, 0) is 78.5 Å². The number of terminal acetylenes is 1. The minimum Gasteiger partial charge on any atom is -0.378 e. The smallest absolute Gasteiger partial charge is 0.290 e. The molecule has 0 atom stereocenters. The molecule has 0 unspecified atom stereocenters. The number of carbonyl (C=O) groups is 2. The summed E-state index contributed by atoms with van der Waals surface area (Å²) < 4.78 is 22.0. The van der Waals surface area contributed by atoms with Crippen molar-refractivity contribution in [1.82, 2.24) is 19.7 Å². The molecule has 1 saturated heterocycles. The third-order valence-electron chi connectivity index (χ3n) is 10.1. The number of pyridine rings is 1. The van der Waals surface area contributed by atoms with Crippen molar-refractivity contribution < 1.29 is 23.6 Å². The average molecular weight is 795 g/mol. The van der Waals surface area contributed by atoms with Crippen molar-refractivity contribution in [2.75, 3.05) is 36.7 Å². The van der Waals surface area contributed by atoms with Gasteiger partial charge in [0.25, 0.3) is 17.4 Å². The number of nitrogens with one attached hydrogen (secondary N) is 1. The van der Waals surface area contributed by atoms with Crippen LogP contribution >= 0.6 is 0 Å². The lowest BCUT2D eigenvalue weighted by atomic mass is 9.78. The second-order valence-corrected chi connectivity index (χ2v) is 16.1. The predicted octanol–water partition coefficient (Wildman–Crippen LogP) is 8.61. The number of anilines is 2. The summed E-state index contributed by atoms with van der Waals surface area (Å²) in [6, 6.07) is 6.37. The molecule has 2 amide bonds. The first-order valence-corrected chi connectivity index (χ1v) is 20.0. The van der Waals surface area contributed by atoms with Crippen LogP contribution < -0.4 is 15.9 Å². The van der Waals surface area contributed by atoms with Crippen LogP contribution in [0.5, 0.6) is 0 Å². The summed E-state index contributed by atoms with van der Waals surface area (Å²) in [7, 11) is 1.52. The lowest BCUT2D eigenvalue weighted by Crippen LogP contribution is -2.41. The standard InChI is InChI=1S/C36H37FN6O5.C6H12.C4H10/c1-8-23(33(44)42-14-16-47-17-15-42)11-10-22(3)39-30-20-29(40-41(7)34(30)45)26-12-13-38-32-27(26)21-48-43(32)35(46)31-24(9-2)18-25(19-28(31)37)36(4,5)6;1-5-3-6(2)4-5;1-3-4-2/h1,9-13,18-20,39H,2,14-17,21H2,3-7H3;5-6H,3-4H2,1-2H3;3-4H2,1-2H3/b22-10+,23-11+;;. The maximum absolute atomic E-state index is 15.5. The normalized spacial score (nSPS) is 17.7. The third kappa shape index (κ3) is 11.2. The lowest BCUT2D eigenvalue weighted by molar-refractivity contribution is -0.130. The minimum atomic E-state index is -0.728. The SMILES string of the molecule is C#C/C(=C\C=C(/C)Nc1cc(-c2ccnc3c2CON3C(=O)c2c(F)cc(C(C)(C)C)cc2C=C)nn(C)c1=O)C(=O)N1CCOCC1.CC1CC(C)C1.CCCC. The number of rotatable bonds is 8. The summed E-state index contributed by atoms with van der Waals surface area (Å²) in [6.45, 7) is 22.2. The molecule has 1 N–H and O–H groups in total. The molecule has 12 heteroatoms. The molecule has 0 radical (unpaired) electrons. The number of hydrogen-bond acceptors (Lipinski definition) is 8. The first-order chi connectivity index (χ1) is 27.5. The summed E-state index contributed by atoms with van der Waals surface area (Å²) in [4.78, 5) is 51.4. The number of benzene rings is 1. The summed E-state index contributed by atoms with van der Waals surface area (Å²) in [5.74, 6) is 3.03. The highest BCUT2D eigenvalue weighted by molar-refractivity contribution is 6.08. The predicted molar refractivity (Wildman–Crippen MR) is 229 cm³/mol. The van der Waals surface area contributed by atoms with E-state index in [1.54, 1.807) is 36.1 Å². The van der Waals surface area contributed by atoms with Crippen LogP contribution in [0, 0.1) is 30.0 Å². The molecule has 11 nitrogen and oxygen atoms in total. The number of allylic oxidation sites excluding steroid dienone is 3. The van der Waals surface area contributed by atoms with Gasteiger partial charge in [-0.25, -0.2) is 14.1 Å². The lowest BCUT2D eigenvalue weighted by Gasteiger charge is -2.28. The van der Waals surface area contributed by atoms with Gasteiger partial charge in [-0.2, -0.15) is 10.2 Å². The summed E-state index contributed by atoms with van der Waals surface area (Å²) >= 11 is 0. The van der Waals surface area contributed by atoms with E-state index >= 15 is 4.39 Å². The Bertz CT molecular complexity index is 2120. The molecule has 0 spiro atoms. The van der Waals surface area contributed by atoms with Crippen molar-refractivity contribution in [3.8, 4) is 23.6 Å². The molecule has 3 aliphatic rings. The number of aromatic nitrogens is 3. The zero-order valence-corrected chi connectivity index (χ0v) is 35.6. The molecule has 58 heavy (non-hydrogen) atoms. The molecule has 1 saturated carbocycles. The highest BCUT2D eigenvalue weighted by Crippen LogP contribution is 2.37. The Morgan fingerprint density at radius 3 is 2.29 bits per heavy atom. The zero-order valence-electron chi connectivity index (χ0n) is 35.6. The Labute approximate surface area is 343 Å². The highest BCUT2D eigenvalue weighted by atomic mass is 19.1. The second-order valence-electron chi connectivity index (χ2n) is 16.1. The Balaban J connectivity index is 0.000000655. The van der Waals surface area contributed by atoms with Gasteiger partial charge < -0.3 is 15.0 Å². The number of ether oxygens (including phenoxy) is 1. The molecule has 2 fully saturated rings. The molecular weight excluding hydrogens is 736 g/mol. The fourth-order valence-corrected chi connectivity index (χ4v) is 6.65. The Kier molecular flexibility index (Phi) is 15.9. The fourth-order valence-electron chi connectivity index (χ4n) is 6.65. The molecule has 3 aromatic rings. The van der Waals surface area contributed by atoms with Gasteiger partial charge in [0.1, 0.15) is 18.1 Å². The van der Waals surface area contributed by atoms with E-state index in [4.69, 9.17) is 16.0 Å². The van der Waals surface area contributed by atoms with Crippen LogP contribution in [-0.2, 0) is 33.4 Å². The number of hydrogen-bond donors (Lipinski definition) is 1. The monoisotopic (exact) mass is 794 g/mol. The third-order valence-corrected chi connectivity index (χ3v) is 10.1. The van der Waals surface area contributed by atoms with Crippen LogP contribution in [0.4, 0.5) is 15.9 Å². The number of carbonyl (C=O) groups excluding carboxylic acids is 2. The molecule has 4 heterocycles. The maximum Gasteiger partial charge on any atom is 0.290 e. The quantitative estimate of drug-likeness (QED) is 0.137. The van der Waals surface area contributed by atoms with E-state index in [0.29, 0.717) is 54.4 Å². The van der Waals surface area contributed by atoms with Crippen LogP contribution in [0.25, 0.3) is 17.3 Å². The van der Waals surface area contributed by atoms with E-state index in [2.05, 4.69) is 55.6 Å². The van der Waals surface area contributed by atoms with Gasteiger partial charge in [-0.3, -0.25) is 19.2 Å². The number of amides is 2. The van der Waals surface area contributed by atoms with Gasteiger partial charge in [0.2, 0.25) is 0 Å². The van der Waals surface area contributed by atoms with Crippen LogP contribution in [0.2, 0.25) is 0 Å². The fraction of sp³-hybridized carbons (Fsp3) is 0.457. The molecule has 0 bridgehead atoms. The molecule has 1 aromatic carbocycles. The van der Waals surface area contributed by atoms with Gasteiger partial charge in [0, 0.05) is 43.2 Å². The Hall–Kier alpha value is -5.38. The van der Waals surface area contributed by atoms with Gasteiger partial charge in [-0.1, -0.05) is 85.9 Å². The van der Waals surface area contributed by atoms with E-state index in [1.165, 1.54) is 61.8 Å². The Morgan fingerprint density at radius 2 is 1.74 bits per heavy atom. The van der Waals surface area contributed by atoms with Crippen molar-refractivity contribution in [3.05, 3.63) is 98.9 Å². The van der Waals surface area contributed by atoms with Crippen molar-refractivity contribution >= 4 is 29.4 Å². The van der Waals surface area contributed by atoms with Gasteiger partial charge >= 0.3 is 0 Å². The number of halogens is 1. The maximum atomic E-state index is 15.5. The summed E-state index contributed by atoms with van der Waals surface area (Å²) in [5.41, 5.74) is 2.57. The number of fused-ring (bicyclic) bond motifs is 1. The van der Waals surface area contributed by atoms with E-state index in [9.17, 15) is 14.4 Å². The van der Waals surface area contributed by atoms with E-state index < -0.39 is 17.3 Å². The number of morpholine rings is 1. The zero-order chi connectivity index (χ0) is 42.7. The van der Waals surface area contributed by atoms with Crippen molar-refractivity contribution in [1.29, 1.82) is 0 Å². The number of unbranched alkanes of at least 4 members (excludes halogenated alkanes) is 1. The minimum absolute atomic E-state index is 0.0432. The molecule has 2 aromatic heterocycles. The number of aryl methyl sites for hydroxylation is 1. The van der Waals surface area contributed by atoms with E-state index in [1.807, 2.05) is 20.8 Å². The van der Waals surface area contributed by atoms with Crippen LogP contribution in [0.1, 0.15) is 108 Å². The van der Waals surface area contributed by atoms with Gasteiger partial charge in [0.05, 0.1) is 30.0 Å². The van der Waals surface area contributed by atoms with Crippen LogP contribution in [-0.4, -0.2) is 57.8 Å². The summed E-state index contributed by atoms with van der Waals surface area (Å²) in [6.07, 6.45) is 17.3. The van der Waals surface area contributed by atoms with Gasteiger partial charge in [-0.15, -0.1) is 6.42 Å². The van der Waals surface area contributed by atoms with Crippen molar-refractivity contribution in [3.63, 3.8) is 0 Å². The molecule has 1 aliphatic carbocycles. The first kappa shape index (κ1) is 45.3. The molecule has 6 rings (SSSR count). The van der Waals surface area contributed by atoms with Crippen molar-refractivity contribution in [2.45, 2.75) is 93.1 Å². The highest BCUT2D eigenvalue weighted by Gasteiger charge is 2.34. The molecule has 2 aliphatic heterocycles. The summed E-state index contributed by atoms with van der Waals surface area (Å²) in [5, 5.41) is 8.49. The Morgan fingerprint density at radius 1 is 1.09 bits per heavy atom.